The SMILES string of the molecule is CNCC=Cc1ccc2cc(N)ccc2c1. The van der Waals surface area contributed by atoms with E-state index in [0.29, 0.717) is 0 Å². The molecule has 0 saturated carbocycles. The van der Waals surface area contributed by atoms with Crippen LogP contribution in [0.3, 0.4) is 0 Å². The van der Waals surface area contributed by atoms with Gasteiger partial charge >= 0.3 is 0 Å². The Balaban J connectivity index is 2.33. The van der Waals surface area contributed by atoms with E-state index in [9.17, 15) is 0 Å². The minimum atomic E-state index is 0.811. The lowest BCUT2D eigenvalue weighted by molar-refractivity contribution is 0.922. The fourth-order valence-corrected chi connectivity index (χ4v) is 1.70. The highest BCUT2D eigenvalue weighted by molar-refractivity contribution is 5.87. The van der Waals surface area contributed by atoms with Crippen molar-refractivity contribution in [2.45, 2.75) is 0 Å². The fourth-order valence-electron chi connectivity index (χ4n) is 1.70. The Morgan fingerprint density at radius 3 is 2.69 bits per heavy atom. The van der Waals surface area contributed by atoms with Crippen LogP contribution in [0.15, 0.2) is 42.5 Å². The number of likely N-dealkylation sites (N-methyl/N-ethyl adjacent to an activating group) is 1. The van der Waals surface area contributed by atoms with E-state index >= 15 is 0 Å². The second-order valence-corrected chi connectivity index (χ2v) is 3.83. The minimum absolute atomic E-state index is 0.811. The second kappa shape index (κ2) is 4.81. The van der Waals surface area contributed by atoms with Gasteiger partial charge in [0.25, 0.3) is 0 Å². The molecule has 3 N–H and O–H groups in total. The summed E-state index contributed by atoms with van der Waals surface area (Å²) in [6, 6.07) is 12.4. The monoisotopic (exact) mass is 212 g/mol. The molecule has 0 radical (unpaired) electrons. The number of nitrogen functional groups attached to an aromatic ring is 1. The van der Waals surface area contributed by atoms with Gasteiger partial charge < -0.3 is 11.1 Å². The average molecular weight is 212 g/mol. The van der Waals surface area contributed by atoms with Crippen LogP contribution in [0, 0.1) is 0 Å². The highest BCUT2D eigenvalue weighted by Crippen LogP contribution is 2.19. The Labute approximate surface area is 95.8 Å². The maximum Gasteiger partial charge on any atom is 0.0320 e. The van der Waals surface area contributed by atoms with Crippen molar-refractivity contribution < 1.29 is 0 Å². The van der Waals surface area contributed by atoms with Crippen molar-refractivity contribution in [3.8, 4) is 0 Å². The number of nitrogens with two attached hydrogens (primary N) is 1. The summed E-state index contributed by atoms with van der Waals surface area (Å²) >= 11 is 0. The van der Waals surface area contributed by atoms with Gasteiger partial charge in [-0.25, -0.2) is 0 Å². The van der Waals surface area contributed by atoms with E-state index < -0.39 is 0 Å². The molecule has 16 heavy (non-hydrogen) atoms. The van der Waals surface area contributed by atoms with E-state index in [1.807, 2.05) is 19.2 Å². The standard InChI is InChI=1S/C14H16N2/c1-16-8-2-3-11-4-5-13-10-14(15)7-6-12(13)9-11/h2-7,9-10,16H,8,15H2,1H3. The average Bonchev–Trinajstić information content (AvgIpc) is 2.29. The van der Waals surface area contributed by atoms with Gasteiger partial charge in [-0.15, -0.1) is 0 Å². The summed E-state index contributed by atoms with van der Waals surface area (Å²) in [4.78, 5) is 0. The van der Waals surface area contributed by atoms with E-state index in [0.717, 1.165) is 12.2 Å². The molecule has 0 heterocycles. The zero-order chi connectivity index (χ0) is 11.4. The highest BCUT2D eigenvalue weighted by Gasteiger charge is 1.94. The molecule has 0 amide bonds. The van der Waals surface area contributed by atoms with Crippen LogP contribution in [0.1, 0.15) is 5.56 Å². The topological polar surface area (TPSA) is 38.0 Å². The molecule has 0 aliphatic carbocycles. The molecule has 2 aromatic carbocycles. The third-order valence-electron chi connectivity index (χ3n) is 2.52. The van der Waals surface area contributed by atoms with E-state index in [1.54, 1.807) is 0 Å². The first-order valence-electron chi connectivity index (χ1n) is 5.40. The van der Waals surface area contributed by atoms with Crippen molar-refractivity contribution in [2.75, 3.05) is 19.3 Å². The zero-order valence-corrected chi connectivity index (χ0v) is 9.40. The van der Waals surface area contributed by atoms with Crippen molar-refractivity contribution >= 4 is 22.5 Å². The van der Waals surface area contributed by atoms with Crippen molar-refractivity contribution in [3.63, 3.8) is 0 Å². The van der Waals surface area contributed by atoms with Gasteiger partial charge in [-0.3, -0.25) is 0 Å². The normalized spacial score (nSPS) is 11.3. The summed E-state index contributed by atoms with van der Waals surface area (Å²) in [5, 5.41) is 5.49. The third-order valence-corrected chi connectivity index (χ3v) is 2.52. The van der Waals surface area contributed by atoms with Gasteiger partial charge in [-0.1, -0.05) is 30.4 Å². The molecule has 0 spiro atoms. The molecule has 0 atom stereocenters. The van der Waals surface area contributed by atoms with E-state index in [1.165, 1.54) is 16.3 Å². The van der Waals surface area contributed by atoms with Gasteiger partial charge in [-0.05, 0) is 41.6 Å². The van der Waals surface area contributed by atoms with Crippen LogP contribution in [0.4, 0.5) is 5.69 Å². The van der Waals surface area contributed by atoms with Gasteiger partial charge in [0, 0.05) is 12.2 Å². The molecule has 0 fully saturated rings. The first-order valence-corrected chi connectivity index (χ1v) is 5.40. The molecular weight excluding hydrogens is 196 g/mol. The zero-order valence-electron chi connectivity index (χ0n) is 9.40. The van der Waals surface area contributed by atoms with Crippen molar-refractivity contribution in [1.82, 2.24) is 5.32 Å². The summed E-state index contributed by atoms with van der Waals surface area (Å²) in [6.07, 6.45) is 4.23. The van der Waals surface area contributed by atoms with E-state index in [4.69, 9.17) is 5.73 Å². The van der Waals surface area contributed by atoms with Crippen LogP contribution in [0.25, 0.3) is 16.8 Å². The lowest BCUT2D eigenvalue weighted by atomic mass is 10.1. The Morgan fingerprint density at radius 1 is 1.12 bits per heavy atom. The van der Waals surface area contributed by atoms with Crippen molar-refractivity contribution in [3.05, 3.63) is 48.0 Å². The molecule has 0 aliphatic rings. The summed E-state index contributed by atoms with van der Waals surface area (Å²) in [5.41, 5.74) is 7.76. The molecular formula is C14H16N2. The van der Waals surface area contributed by atoms with Gasteiger partial charge in [0.15, 0.2) is 0 Å². The Bertz CT molecular complexity index is 515. The molecule has 82 valence electrons. The quantitative estimate of drug-likeness (QED) is 0.768. The van der Waals surface area contributed by atoms with E-state index in [-0.39, 0.29) is 0 Å². The lowest BCUT2D eigenvalue weighted by Gasteiger charge is -2.01. The Kier molecular flexibility index (Phi) is 3.22. The van der Waals surface area contributed by atoms with Crippen LogP contribution < -0.4 is 11.1 Å². The maximum atomic E-state index is 5.74. The third kappa shape index (κ3) is 2.41. The largest absolute Gasteiger partial charge is 0.399 e. The van der Waals surface area contributed by atoms with Crippen LogP contribution >= 0.6 is 0 Å². The molecule has 0 saturated heterocycles. The van der Waals surface area contributed by atoms with Crippen LogP contribution in [0.2, 0.25) is 0 Å². The second-order valence-electron chi connectivity index (χ2n) is 3.83. The number of nitrogens with one attached hydrogen (secondary N) is 1. The molecule has 0 aromatic heterocycles. The summed E-state index contributed by atoms with van der Waals surface area (Å²) in [7, 11) is 1.94. The van der Waals surface area contributed by atoms with Gasteiger partial charge in [0.1, 0.15) is 0 Å². The van der Waals surface area contributed by atoms with Crippen LogP contribution in [0.5, 0.6) is 0 Å². The summed E-state index contributed by atoms with van der Waals surface area (Å²) in [5.74, 6) is 0. The molecule has 2 heteroatoms. The fraction of sp³-hybridized carbons (Fsp3) is 0.143. The predicted octanol–water partition coefficient (Wildman–Crippen LogP) is 2.65. The molecule has 2 rings (SSSR count). The maximum absolute atomic E-state index is 5.74. The number of anilines is 1. The molecule has 2 aromatic rings. The number of hydrogen-bond donors (Lipinski definition) is 2. The van der Waals surface area contributed by atoms with Crippen LogP contribution in [-0.2, 0) is 0 Å². The number of fused-ring (bicyclic) bond motifs is 1. The van der Waals surface area contributed by atoms with Gasteiger partial charge in [-0.2, -0.15) is 0 Å². The number of hydrogen-bond acceptors (Lipinski definition) is 2. The number of benzene rings is 2. The van der Waals surface area contributed by atoms with Gasteiger partial charge in [0.2, 0.25) is 0 Å². The first-order chi connectivity index (χ1) is 7.79. The Morgan fingerprint density at radius 2 is 1.88 bits per heavy atom. The summed E-state index contributed by atoms with van der Waals surface area (Å²) < 4.78 is 0. The highest BCUT2D eigenvalue weighted by atomic mass is 14.8. The van der Waals surface area contributed by atoms with Crippen molar-refractivity contribution in [1.29, 1.82) is 0 Å². The van der Waals surface area contributed by atoms with Crippen LogP contribution in [-0.4, -0.2) is 13.6 Å². The lowest BCUT2D eigenvalue weighted by Crippen LogP contribution is -2.03. The minimum Gasteiger partial charge on any atom is -0.399 e. The molecule has 0 bridgehead atoms. The molecule has 2 nitrogen and oxygen atoms in total. The van der Waals surface area contributed by atoms with Crippen molar-refractivity contribution in [2.24, 2.45) is 0 Å². The number of rotatable bonds is 3. The summed E-state index contributed by atoms with van der Waals surface area (Å²) in [6.45, 7) is 0.889. The van der Waals surface area contributed by atoms with E-state index in [2.05, 4.69) is 41.7 Å². The first kappa shape index (κ1) is 10.7. The Hall–Kier alpha value is -1.80. The smallest absolute Gasteiger partial charge is 0.0320 e. The predicted molar refractivity (Wildman–Crippen MR) is 71.3 cm³/mol. The molecule has 0 unspecified atom stereocenters. The van der Waals surface area contributed by atoms with Gasteiger partial charge in [0.05, 0.1) is 0 Å². The molecule has 0 aliphatic heterocycles.